The minimum atomic E-state index is -1.19. The smallest absolute Gasteiger partial charge is 0.321 e. The Labute approximate surface area is 84.6 Å². The lowest BCUT2D eigenvalue weighted by molar-refractivity contribution is -0.147. The van der Waals surface area contributed by atoms with Gasteiger partial charge in [0.05, 0.1) is 6.26 Å². The molecule has 0 bridgehead atoms. The Hall–Kier alpha value is -1.32. The molecule has 0 aliphatic heterocycles. The van der Waals surface area contributed by atoms with Crippen LogP contribution in [-0.4, -0.2) is 17.0 Å². The number of carbonyl (C=O) groups excluding carboxylic acids is 1. The van der Waals surface area contributed by atoms with E-state index in [1.165, 1.54) is 18.9 Å². The van der Waals surface area contributed by atoms with Crippen molar-refractivity contribution in [1.29, 1.82) is 0 Å². The van der Waals surface area contributed by atoms with Crippen LogP contribution in [0.5, 0.6) is 0 Å². The molecule has 0 amide bonds. The SMILES string of the molecule is C/C=C\OC(=O)CC(=O)O.CCCC. The van der Waals surface area contributed by atoms with Crippen LogP contribution in [0.3, 0.4) is 0 Å². The van der Waals surface area contributed by atoms with Gasteiger partial charge >= 0.3 is 11.9 Å². The topological polar surface area (TPSA) is 63.6 Å². The average Bonchev–Trinajstić information content (AvgIpc) is 2.14. The quantitative estimate of drug-likeness (QED) is 0.431. The zero-order chi connectivity index (χ0) is 11.4. The average molecular weight is 202 g/mol. The highest BCUT2D eigenvalue weighted by Gasteiger charge is 2.06. The van der Waals surface area contributed by atoms with Gasteiger partial charge in [0.1, 0.15) is 6.42 Å². The summed E-state index contributed by atoms with van der Waals surface area (Å²) in [5, 5.41) is 8.06. The molecule has 82 valence electrons. The van der Waals surface area contributed by atoms with E-state index in [9.17, 15) is 9.59 Å². The van der Waals surface area contributed by atoms with Crippen LogP contribution < -0.4 is 0 Å². The predicted octanol–water partition coefficient (Wildman–Crippen LogP) is 2.34. The van der Waals surface area contributed by atoms with Gasteiger partial charge in [-0.15, -0.1) is 0 Å². The van der Waals surface area contributed by atoms with Gasteiger partial charge in [0.25, 0.3) is 0 Å². The van der Waals surface area contributed by atoms with Gasteiger partial charge in [0.15, 0.2) is 0 Å². The van der Waals surface area contributed by atoms with E-state index < -0.39 is 18.4 Å². The van der Waals surface area contributed by atoms with Crippen LogP contribution in [0.2, 0.25) is 0 Å². The molecule has 0 rings (SSSR count). The number of carboxylic acid groups (broad SMARTS) is 1. The third-order valence-corrected chi connectivity index (χ3v) is 1.13. The minimum Gasteiger partial charge on any atom is -0.481 e. The van der Waals surface area contributed by atoms with Gasteiger partial charge in [0, 0.05) is 0 Å². The van der Waals surface area contributed by atoms with E-state index in [0.29, 0.717) is 0 Å². The normalized spacial score (nSPS) is 9.07. The van der Waals surface area contributed by atoms with Crippen LogP contribution in [0.25, 0.3) is 0 Å². The van der Waals surface area contributed by atoms with Gasteiger partial charge in [-0.1, -0.05) is 32.8 Å². The van der Waals surface area contributed by atoms with Crippen LogP contribution in [-0.2, 0) is 14.3 Å². The van der Waals surface area contributed by atoms with Crippen molar-refractivity contribution in [1.82, 2.24) is 0 Å². The van der Waals surface area contributed by atoms with E-state index in [1.807, 2.05) is 0 Å². The monoisotopic (exact) mass is 202 g/mol. The number of unbranched alkanes of at least 4 members (excludes halogenated alkanes) is 1. The number of aliphatic carboxylic acids is 1. The fourth-order valence-corrected chi connectivity index (χ4v) is 0.309. The molecule has 14 heavy (non-hydrogen) atoms. The second-order valence-electron chi connectivity index (χ2n) is 2.53. The lowest BCUT2D eigenvalue weighted by Gasteiger charge is -1.92. The molecule has 0 aliphatic carbocycles. The van der Waals surface area contributed by atoms with Crippen molar-refractivity contribution in [2.75, 3.05) is 0 Å². The maximum Gasteiger partial charge on any atom is 0.321 e. The Balaban J connectivity index is 0. The molecular weight excluding hydrogens is 184 g/mol. The van der Waals surface area contributed by atoms with Crippen molar-refractivity contribution in [2.24, 2.45) is 0 Å². The molecule has 4 heteroatoms. The molecule has 1 N–H and O–H groups in total. The first-order chi connectivity index (χ1) is 6.58. The highest BCUT2D eigenvalue weighted by molar-refractivity contribution is 5.90. The number of esters is 1. The molecule has 0 aromatic rings. The third kappa shape index (κ3) is 17.0. The van der Waals surface area contributed by atoms with Crippen molar-refractivity contribution in [3.8, 4) is 0 Å². The molecule has 0 fully saturated rings. The van der Waals surface area contributed by atoms with Crippen LogP contribution in [0.15, 0.2) is 12.3 Å². The van der Waals surface area contributed by atoms with E-state index in [4.69, 9.17) is 5.11 Å². The molecular formula is C10H18O4. The zero-order valence-electron chi connectivity index (χ0n) is 8.95. The van der Waals surface area contributed by atoms with E-state index in [2.05, 4.69) is 18.6 Å². The summed E-state index contributed by atoms with van der Waals surface area (Å²) >= 11 is 0. The van der Waals surface area contributed by atoms with Crippen LogP contribution >= 0.6 is 0 Å². The lowest BCUT2D eigenvalue weighted by Crippen LogP contribution is -2.07. The second-order valence-corrected chi connectivity index (χ2v) is 2.53. The Bertz CT molecular complexity index is 183. The number of ether oxygens (including phenoxy) is 1. The largest absolute Gasteiger partial charge is 0.481 e. The molecule has 0 saturated carbocycles. The summed E-state index contributed by atoms with van der Waals surface area (Å²) in [6, 6.07) is 0. The third-order valence-electron chi connectivity index (χ3n) is 1.13. The summed E-state index contributed by atoms with van der Waals surface area (Å²) in [6.45, 7) is 6.02. The standard InChI is InChI=1S/C6H8O4.C4H10/c1-2-3-10-6(9)4-5(7)8;1-3-4-2/h2-3H,4H2,1H3,(H,7,8);3-4H2,1-2H3/b3-2-;. The molecule has 0 heterocycles. The molecule has 4 nitrogen and oxygen atoms in total. The zero-order valence-corrected chi connectivity index (χ0v) is 8.95. The summed E-state index contributed by atoms with van der Waals surface area (Å²) in [5.41, 5.74) is 0. The van der Waals surface area contributed by atoms with Crippen molar-refractivity contribution in [3.63, 3.8) is 0 Å². The second kappa shape index (κ2) is 11.7. The number of carboxylic acids is 1. The van der Waals surface area contributed by atoms with Gasteiger partial charge in [-0.2, -0.15) is 0 Å². The van der Waals surface area contributed by atoms with Crippen molar-refractivity contribution >= 4 is 11.9 Å². The van der Waals surface area contributed by atoms with Gasteiger partial charge in [-0.25, -0.2) is 0 Å². The minimum absolute atomic E-state index is 0.593. The van der Waals surface area contributed by atoms with Gasteiger partial charge in [0.2, 0.25) is 0 Å². The molecule has 0 atom stereocenters. The fraction of sp³-hybridized carbons (Fsp3) is 0.600. The van der Waals surface area contributed by atoms with Crippen LogP contribution in [0, 0.1) is 0 Å². The van der Waals surface area contributed by atoms with E-state index in [0.717, 1.165) is 6.26 Å². The highest BCUT2D eigenvalue weighted by Crippen LogP contribution is 1.86. The molecule has 0 saturated heterocycles. The Morgan fingerprint density at radius 3 is 2.07 bits per heavy atom. The van der Waals surface area contributed by atoms with Gasteiger partial charge < -0.3 is 9.84 Å². The maximum absolute atomic E-state index is 10.4. The van der Waals surface area contributed by atoms with Crippen molar-refractivity contribution in [2.45, 2.75) is 40.0 Å². The summed E-state index contributed by atoms with van der Waals surface area (Å²) in [6.07, 6.45) is 4.69. The first-order valence-corrected chi connectivity index (χ1v) is 4.60. The first-order valence-electron chi connectivity index (χ1n) is 4.60. The first kappa shape index (κ1) is 15.2. The van der Waals surface area contributed by atoms with E-state index in [1.54, 1.807) is 6.92 Å². The molecule has 0 aromatic carbocycles. The number of hydrogen-bond acceptors (Lipinski definition) is 3. The molecule has 0 radical (unpaired) electrons. The number of carbonyl (C=O) groups is 2. The van der Waals surface area contributed by atoms with Crippen molar-refractivity contribution < 1.29 is 19.4 Å². The van der Waals surface area contributed by atoms with Gasteiger partial charge in [-0.3, -0.25) is 9.59 Å². The van der Waals surface area contributed by atoms with E-state index in [-0.39, 0.29) is 0 Å². The van der Waals surface area contributed by atoms with Gasteiger partial charge in [-0.05, 0) is 6.92 Å². The lowest BCUT2D eigenvalue weighted by atomic mass is 10.4. The number of rotatable bonds is 4. The highest BCUT2D eigenvalue weighted by atomic mass is 16.5. The summed E-state index contributed by atoms with van der Waals surface area (Å²) in [4.78, 5) is 20.2. The van der Waals surface area contributed by atoms with Crippen molar-refractivity contribution in [3.05, 3.63) is 12.3 Å². The maximum atomic E-state index is 10.4. The Morgan fingerprint density at radius 2 is 1.79 bits per heavy atom. The summed E-state index contributed by atoms with van der Waals surface area (Å²) < 4.78 is 4.30. The predicted molar refractivity (Wildman–Crippen MR) is 53.7 cm³/mol. The Kier molecular flexibility index (Phi) is 12.7. The number of allylic oxidation sites excluding steroid dienone is 1. The Morgan fingerprint density at radius 1 is 1.29 bits per heavy atom. The summed E-state index contributed by atoms with van der Waals surface area (Å²) in [7, 11) is 0. The molecule has 0 aromatic heterocycles. The van der Waals surface area contributed by atoms with Crippen LogP contribution in [0.4, 0.5) is 0 Å². The van der Waals surface area contributed by atoms with E-state index >= 15 is 0 Å². The fourth-order valence-electron chi connectivity index (χ4n) is 0.309. The van der Waals surface area contributed by atoms with Crippen LogP contribution in [0.1, 0.15) is 40.0 Å². The molecule has 0 spiro atoms. The summed E-state index contributed by atoms with van der Waals surface area (Å²) in [5.74, 6) is -1.94. The molecule has 0 aliphatic rings. The molecule has 0 unspecified atom stereocenters. The number of hydrogen-bond donors (Lipinski definition) is 1.